The molecule has 2 aromatic carbocycles. The summed E-state index contributed by atoms with van der Waals surface area (Å²) in [6.07, 6.45) is 0.952. The van der Waals surface area contributed by atoms with Gasteiger partial charge in [0.05, 0.1) is 27.7 Å². The minimum atomic E-state index is -0.480. The molecule has 5 nitrogen and oxygen atoms in total. The first-order valence-corrected chi connectivity index (χ1v) is 10.1. The number of fused-ring (bicyclic) bond motifs is 1. The van der Waals surface area contributed by atoms with Gasteiger partial charge in [0.15, 0.2) is 0 Å². The first-order chi connectivity index (χ1) is 13.6. The number of benzene rings is 2. The summed E-state index contributed by atoms with van der Waals surface area (Å²) in [6.45, 7) is 5.91. The number of hydrogen-bond acceptors (Lipinski definition) is 4. The van der Waals surface area contributed by atoms with E-state index in [1.165, 1.54) is 12.1 Å². The average Bonchev–Trinajstić information content (AvgIpc) is 3.10. The normalized spacial score (nSPS) is 15.2. The Hall–Kier alpha value is -1.86. The Bertz CT molecular complexity index is 933. The molecule has 1 aromatic heterocycles. The van der Waals surface area contributed by atoms with E-state index in [4.69, 9.17) is 27.9 Å². The standard InChI is InChI=1S/C20H21Cl2FN4O/c21-14-11-17-18(12-16(14)23)26-20(25-17)13-2-3-19(15(22)10-13)28-9-1-6-27-7-4-24-5-8-27/h2-3,10-12,24H,1,4-9H2,(H,25,26). The quantitative estimate of drug-likeness (QED) is 0.579. The van der Waals surface area contributed by atoms with Crippen molar-refractivity contribution in [1.29, 1.82) is 0 Å². The lowest BCUT2D eigenvalue weighted by Crippen LogP contribution is -2.43. The summed E-state index contributed by atoms with van der Waals surface area (Å²) in [5.41, 5.74) is 1.98. The highest BCUT2D eigenvalue weighted by Crippen LogP contribution is 2.31. The number of hydrogen-bond donors (Lipinski definition) is 2. The van der Waals surface area contributed by atoms with Crippen LogP contribution in [0.3, 0.4) is 0 Å². The van der Waals surface area contributed by atoms with E-state index in [-0.39, 0.29) is 5.02 Å². The van der Waals surface area contributed by atoms with E-state index in [1.54, 1.807) is 6.07 Å². The fourth-order valence-corrected chi connectivity index (χ4v) is 3.70. The van der Waals surface area contributed by atoms with Crippen molar-refractivity contribution < 1.29 is 9.13 Å². The van der Waals surface area contributed by atoms with Crippen molar-refractivity contribution in [2.45, 2.75) is 6.42 Å². The van der Waals surface area contributed by atoms with Crippen LogP contribution < -0.4 is 10.1 Å². The van der Waals surface area contributed by atoms with Gasteiger partial charge in [-0.15, -0.1) is 0 Å². The fourth-order valence-electron chi connectivity index (χ4n) is 3.31. The van der Waals surface area contributed by atoms with Gasteiger partial charge in [-0.3, -0.25) is 0 Å². The number of aromatic nitrogens is 2. The third kappa shape index (κ3) is 4.41. The van der Waals surface area contributed by atoms with Crippen molar-refractivity contribution >= 4 is 34.2 Å². The van der Waals surface area contributed by atoms with Gasteiger partial charge in [0, 0.05) is 44.4 Å². The van der Waals surface area contributed by atoms with E-state index >= 15 is 0 Å². The van der Waals surface area contributed by atoms with Crippen LogP contribution in [0.1, 0.15) is 6.42 Å². The van der Waals surface area contributed by atoms with E-state index < -0.39 is 5.82 Å². The molecule has 1 fully saturated rings. The largest absolute Gasteiger partial charge is 0.492 e. The minimum Gasteiger partial charge on any atom is -0.492 e. The molecule has 2 heterocycles. The molecule has 3 aromatic rings. The second-order valence-electron chi connectivity index (χ2n) is 6.81. The summed E-state index contributed by atoms with van der Waals surface area (Å²) in [5.74, 6) is 0.770. The zero-order chi connectivity index (χ0) is 19.5. The number of rotatable bonds is 6. The topological polar surface area (TPSA) is 53.2 Å². The van der Waals surface area contributed by atoms with Gasteiger partial charge in [0.2, 0.25) is 0 Å². The van der Waals surface area contributed by atoms with Gasteiger partial charge >= 0.3 is 0 Å². The number of imidazole rings is 1. The van der Waals surface area contributed by atoms with Gasteiger partial charge in [-0.1, -0.05) is 23.2 Å². The minimum absolute atomic E-state index is 0.0492. The second-order valence-corrected chi connectivity index (χ2v) is 7.62. The highest BCUT2D eigenvalue weighted by molar-refractivity contribution is 6.32. The summed E-state index contributed by atoms with van der Waals surface area (Å²) >= 11 is 12.2. The zero-order valence-electron chi connectivity index (χ0n) is 15.3. The average molecular weight is 423 g/mol. The number of aromatic amines is 1. The number of H-pyrrole nitrogens is 1. The van der Waals surface area contributed by atoms with Crippen molar-refractivity contribution in [3.63, 3.8) is 0 Å². The molecule has 0 aliphatic carbocycles. The number of piperazine rings is 1. The van der Waals surface area contributed by atoms with E-state index in [0.29, 0.717) is 34.2 Å². The molecule has 28 heavy (non-hydrogen) atoms. The molecule has 2 N–H and O–H groups in total. The van der Waals surface area contributed by atoms with Gasteiger partial charge in [-0.2, -0.15) is 0 Å². The molecule has 1 saturated heterocycles. The van der Waals surface area contributed by atoms with Crippen LogP contribution in [-0.2, 0) is 0 Å². The van der Waals surface area contributed by atoms with Crippen molar-refractivity contribution in [1.82, 2.24) is 20.2 Å². The molecule has 1 aliphatic rings. The molecule has 0 spiro atoms. The van der Waals surface area contributed by atoms with Crippen molar-refractivity contribution in [2.24, 2.45) is 0 Å². The Kier molecular flexibility index (Phi) is 6.01. The third-order valence-corrected chi connectivity index (χ3v) is 5.40. The summed E-state index contributed by atoms with van der Waals surface area (Å²) in [6, 6.07) is 8.36. The molecule has 0 amide bonds. The maximum Gasteiger partial charge on any atom is 0.144 e. The Morgan fingerprint density at radius 1 is 1.11 bits per heavy atom. The molecule has 8 heteroatoms. The van der Waals surface area contributed by atoms with Crippen LogP contribution in [-0.4, -0.2) is 54.2 Å². The Morgan fingerprint density at radius 2 is 1.93 bits per heavy atom. The van der Waals surface area contributed by atoms with Gasteiger partial charge < -0.3 is 19.9 Å². The van der Waals surface area contributed by atoms with Crippen LogP contribution in [0.15, 0.2) is 30.3 Å². The van der Waals surface area contributed by atoms with Crippen molar-refractivity contribution in [3.05, 3.63) is 46.2 Å². The predicted octanol–water partition coefficient (Wildman–Crippen LogP) is 4.35. The van der Waals surface area contributed by atoms with Crippen LogP contribution in [0.2, 0.25) is 10.0 Å². The lowest BCUT2D eigenvalue weighted by molar-refractivity contribution is 0.214. The van der Waals surface area contributed by atoms with Gasteiger partial charge in [-0.05, 0) is 30.7 Å². The predicted molar refractivity (Wildman–Crippen MR) is 111 cm³/mol. The molecular weight excluding hydrogens is 402 g/mol. The summed E-state index contributed by atoms with van der Waals surface area (Å²) < 4.78 is 19.5. The third-order valence-electron chi connectivity index (χ3n) is 4.82. The molecule has 0 saturated carbocycles. The number of nitrogens with one attached hydrogen (secondary N) is 2. The van der Waals surface area contributed by atoms with E-state index in [9.17, 15) is 4.39 Å². The highest BCUT2D eigenvalue weighted by Gasteiger charge is 2.12. The molecule has 0 unspecified atom stereocenters. The van der Waals surface area contributed by atoms with E-state index in [0.717, 1.165) is 44.7 Å². The van der Waals surface area contributed by atoms with Gasteiger partial charge in [-0.25, -0.2) is 9.37 Å². The lowest BCUT2D eigenvalue weighted by atomic mass is 10.2. The molecule has 148 valence electrons. The highest BCUT2D eigenvalue weighted by atomic mass is 35.5. The molecule has 0 atom stereocenters. The van der Waals surface area contributed by atoms with E-state index in [1.807, 2.05) is 12.1 Å². The van der Waals surface area contributed by atoms with Crippen LogP contribution in [0, 0.1) is 5.82 Å². The molecule has 0 bridgehead atoms. The van der Waals surface area contributed by atoms with Gasteiger partial charge in [0.25, 0.3) is 0 Å². The molecule has 4 rings (SSSR count). The van der Waals surface area contributed by atoms with Crippen molar-refractivity contribution in [3.8, 4) is 17.1 Å². The Morgan fingerprint density at radius 3 is 2.71 bits per heavy atom. The van der Waals surface area contributed by atoms with Gasteiger partial charge in [0.1, 0.15) is 17.4 Å². The zero-order valence-corrected chi connectivity index (χ0v) is 16.8. The Balaban J connectivity index is 1.40. The first kappa shape index (κ1) is 19.5. The number of nitrogens with zero attached hydrogens (tertiary/aromatic N) is 2. The maximum atomic E-state index is 13.6. The van der Waals surface area contributed by atoms with Crippen LogP contribution >= 0.6 is 23.2 Å². The summed E-state index contributed by atoms with van der Waals surface area (Å²) in [7, 11) is 0. The first-order valence-electron chi connectivity index (χ1n) is 9.31. The van der Waals surface area contributed by atoms with Crippen LogP contribution in [0.4, 0.5) is 4.39 Å². The fraction of sp³-hybridized carbons (Fsp3) is 0.350. The number of halogens is 3. The Labute approximate surface area is 172 Å². The van der Waals surface area contributed by atoms with Crippen LogP contribution in [0.25, 0.3) is 22.4 Å². The maximum absolute atomic E-state index is 13.6. The monoisotopic (exact) mass is 422 g/mol. The van der Waals surface area contributed by atoms with E-state index in [2.05, 4.69) is 20.2 Å². The molecule has 1 aliphatic heterocycles. The van der Waals surface area contributed by atoms with Crippen LogP contribution in [0.5, 0.6) is 5.75 Å². The molecular formula is C20H21Cl2FN4O. The van der Waals surface area contributed by atoms with Crippen molar-refractivity contribution in [2.75, 3.05) is 39.3 Å². The smallest absolute Gasteiger partial charge is 0.144 e. The second kappa shape index (κ2) is 8.66. The number of ether oxygens (including phenoxy) is 1. The molecule has 0 radical (unpaired) electrons. The lowest BCUT2D eigenvalue weighted by Gasteiger charge is -2.27. The SMILES string of the molecule is Fc1cc2[nH]c(-c3ccc(OCCCN4CCNCC4)c(Cl)c3)nc2cc1Cl. The summed E-state index contributed by atoms with van der Waals surface area (Å²) in [5, 5.41) is 3.92. The summed E-state index contributed by atoms with van der Waals surface area (Å²) in [4.78, 5) is 9.99.